The Morgan fingerprint density at radius 2 is 2.25 bits per heavy atom. The van der Waals surface area contributed by atoms with Crippen LogP contribution in [0.15, 0.2) is 11.4 Å². The van der Waals surface area contributed by atoms with Gasteiger partial charge in [0.1, 0.15) is 0 Å². The molecule has 1 atom stereocenters. The first kappa shape index (κ1) is 14.4. The molecule has 5 heteroatoms. The first-order valence-electron chi connectivity index (χ1n) is 7.51. The monoisotopic (exact) mass is 310 g/mol. The average Bonchev–Trinajstić information content (AvgIpc) is 2.96. The highest BCUT2D eigenvalue weighted by Gasteiger charge is 2.23. The Morgan fingerprint density at radius 1 is 1.40 bits per heavy atom. The Balaban J connectivity index is 1.47. The predicted molar refractivity (Wildman–Crippen MR) is 86.5 cm³/mol. The Bertz CT molecular complexity index is 454. The van der Waals surface area contributed by atoms with Gasteiger partial charge in [-0.1, -0.05) is 0 Å². The van der Waals surface area contributed by atoms with E-state index in [0.717, 1.165) is 19.5 Å². The zero-order valence-electron chi connectivity index (χ0n) is 11.7. The van der Waals surface area contributed by atoms with E-state index in [4.69, 9.17) is 0 Å². The van der Waals surface area contributed by atoms with E-state index in [0.29, 0.717) is 11.0 Å². The Morgan fingerprint density at radius 3 is 3.10 bits per heavy atom. The van der Waals surface area contributed by atoms with Gasteiger partial charge >= 0.3 is 0 Å². The number of hydrogen-bond acceptors (Lipinski definition) is 4. The van der Waals surface area contributed by atoms with Gasteiger partial charge in [0.25, 0.3) is 0 Å². The highest BCUT2D eigenvalue weighted by Crippen LogP contribution is 2.33. The lowest BCUT2D eigenvalue weighted by Gasteiger charge is -2.25. The normalized spacial score (nSPS) is 23.3. The lowest BCUT2D eigenvalue weighted by atomic mass is 9.94. The molecule has 1 amide bonds. The molecule has 1 unspecified atom stereocenters. The molecule has 1 aromatic rings. The number of hydrogen-bond donors (Lipinski definition) is 2. The van der Waals surface area contributed by atoms with E-state index in [1.165, 1.54) is 36.1 Å². The molecular weight excluding hydrogens is 288 g/mol. The van der Waals surface area contributed by atoms with Crippen LogP contribution >= 0.6 is 23.1 Å². The number of carbonyl (C=O) groups is 1. The van der Waals surface area contributed by atoms with Crippen molar-refractivity contribution in [3.05, 3.63) is 21.9 Å². The Hall–Kier alpha value is -0.520. The molecule has 3 nitrogen and oxygen atoms in total. The quantitative estimate of drug-likeness (QED) is 0.898. The van der Waals surface area contributed by atoms with E-state index >= 15 is 0 Å². The number of aryl methyl sites for hydroxylation is 1. The van der Waals surface area contributed by atoms with Gasteiger partial charge < -0.3 is 10.6 Å². The second kappa shape index (κ2) is 6.96. The first-order valence-corrected chi connectivity index (χ1v) is 9.44. The van der Waals surface area contributed by atoms with Crippen LogP contribution in [0.1, 0.15) is 42.2 Å². The number of rotatable bonds is 4. The molecule has 0 radical (unpaired) electrons. The van der Waals surface area contributed by atoms with Gasteiger partial charge in [-0.15, -0.1) is 23.1 Å². The summed E-state index contributed by atoms with van der Waals surface area (Å²) in [6.45, 7) is 2.19. The number of carbonyl (C=O) groups excluding carboxylic acids is 1. The number of amides is 1. The van der Waals surface area contributed by atoms with Crippen LogP contribution in [0.4, 0.5) is 0 Å². The van der Waals surface area contributed by atoms with E-state index in [1.54, 1.807) is 0 Å². The van der Waals surface area contributed by atoms with Crippen LogP contribution in [0.3, 0.4) is 0 Å². The van der Waals surface area contributed by atoms with Crippen molar-refractivity contribution in [3.63, 3.8) is 0 Å². The molecule has 0 bridgehead atoms. The van der Waals surface area contributed by atoms with Gasteiger partial charge in [0.2, 0.25) is 5.91 Å². The summed E-state index contributed by atoms with van der Waals surface area (Å²) in [5.41, 5.74) is 1.36. The second-order valence-corrected chi connectivity index (χ2v) is 7.86. The summed E-state index contributed by atoms with van der Waals surface area (Å²) in [7, 11) is 0. The van der Waals surface area contributed by atoms with Crippen LogP contribution < -0.4 is 10.6 Å². The van der Waals surface area contributed by atoms with Gasteiger partial charge in [0.05, 0.1) is 11.8 Å². The number of thiophene rings is 1. The highest BCUT2D eigenvalue weighted by atomic mass is 32.2. The van der Waals surface area contributed by atoms with Gasteiger partial charge in [-0.05, 0) is 62.2 Å². The molecule has 110 valence electrons. The van der Waals surface area contributed by atoms with Crippen molar-refractivity contribution in [3.8, 4) is 0 Å². The number of piperidine rings is 1. The minimum atomic E-state index is 0.206. The molecular formula is C15H22N2OS2. The van der Waals surface area contributed by atoms with Crippen molar-refractivity contribution in [1.29, 1.82) is 0 Å². The fourth-order valence-corrected chi connectivity index (χ4v) is 5.05. The summed E-state index contributed by atoms with van der Waals surface area (Å²) in [5, 5.41) is 9.40. The maximum Gasteiger partial charge on any atom is 0.230 e. The third-order valence-electron chi connectivity index (χ3n) is 4.12. The summed E-state index contributed by atoms with van der Waals surface area (Å²) in [4.78, 5) is 13.6. The third kappa shape index (κ3) is 3.57. The largest absolute Gasteiger partial charge is 0.349 e. The maximum absolute atomic E-state index is 12.1. The van der Waals surface area contributed by atoms with Gasteiger partial charge in [0, 0.05) is 10.1 Å². The molecule has 1 saturated heterocycles. The average molecular weight is 310 g/mol. The topological polar surface area (TPSA) is 41.1 Å². The summed E-state index contributed by atoms with van der Waals surface area (Å²) in [6.07, 6.45) is 5.85. The van der Waals surface area contributed by atoms with Crippen molar-refractivity contribution in [1.82, 2.24) is 10.6 Å². The minimum Gasteiger partial charge on any atom is -0.349 e. The van der Waals surface area contributed by atoms with Crippen LogP contribution in [0, 0.1) is 0 Å². The Kier molecular flexibility index (Phi) is 5.02. The van der Waals surface area contributed by atoms with Crippen LogP contribution in [-0.4, -0.2) is 30.0 Å². The van der Waals surface area contributed by atoms with E-state index < -0.39 is 0 Å². The third-order valence-corrected chi connectivity index (χ3v) is 6.49. The highest BCUT2D eigenvalue weighted by molar-refractivity contribution is 8.00. The molecule has 2 aliphatic rings. The van der Waals surface area contributed by atoms with Gasteiger partial charge in [-0.3, -0.25) is 4.79 Å². The van der Waals surface area contributed by atoms with Crippen molar-refractivity contribution in [2.24, 2.45) is 0 Å². The van der Waals surface area contributed by atoms with Crippen LogP contribution in [0.25, 0.3) is 0 Å². The van der Waals surface area contributed by atoms with Crippen LogP contribution in [0.5, 0.6) is 0 Å². The van der Waals surface area contributed by atoms with Crippen molar-refractivity contribution in [2.45, 2.75) is 43.4 Å². The van der Waals surface area contributed by atoms with Crippen molar-refractivity contribution >= 4 is 29.0 Å². The zero-order chi connectivity index (χ0) is 13.8. The molecule has 2 heterocycles. The molecule has 3 rings (SSSR count). The van der Waals surface area contributed by atoms with E-state index in [2.05, 4.69) is 22.1 Å². The molecule has 1 aromatic heterocycles. The Labute approximate surface area is 128 Å². The number of thioether (sulfide) groups is 1. The maximum atomic E-state index is 12.1. The summed E-state index contributed by atoms with van der Waals surface area (Å²) in [6, 6.07) is 2.44. The van der Waals surface area contributed by atoms with Crippen molar-refractivity contribution in [2.75, 3.05) is 18.8 Å². The lowest BCUT2D eigenvalue weighted by Crippen LogP contribution is -2.33. The zero-order valence-corrected chi connectivity index (χ0v) is 13.3. The smallest absolute Gasteiger partial charge is 0.230 e. The number of fused-ring (bicyclic) bond motifs is 1. The molecule has 0 aromatic carbocycles. The molecule has 1 fully saturated rings. The predicted octanol–water partition coefficient (Wildman–Crippen LogP) is 2.73. The van der Waals surface area contributed by atoms with Gasteiger partial charge in [0.15, 0.2) is 0 Å². The SMILES string of the molecule is O=C(CSC1CCNCC1)NC1CCCc2sccc21. The molecule has 20 heavy (non-hydrogen) atoms. The standard InChI is InChI=1S/C15H22N2OS2/c18-15(10-20-11-4-7-16-8-5-11)17-13-2-1-3-14-12(13)6-9-19-14/h6,9,11,13,16H,1-5,7-8,10H2,(H,17,18). The minimum absolute atomic E-state index is 0.206. The van der Waals surface area contributed by atoms with E-state index in [9.17, 15) is 4.79 Å². The number of nitrogens with one attached hydrogen (secondary N) is 2. The van der Waals surface area contributed by atoms with Gasteiger partial charge in [-0.25, -0.2) is 0 Å². The fourth-order valence-electron chi connectivity index (χ4n) is 3.03. The van der Waals surface area contributed by atoms with E-state index in [-0.39, 0.29) is 11.9 Å². The van der Waals surface area contributed by atoms with Crippen molar-refractivity contribution < 1.29 is 4.79 Å². The van der Waals surface area contributed by atoms with Crippen LogP contribution in [0.2, 0.25) is 0 Å². The molecule has 1 aliphatic carbocycles. The molecule has 1 aliphatic heterocycles. The summed E-state index contributed by atoms with van der Waals surface area (Å²) < 4.78 is 0. The lowest BCUT2D eigenvalue weighted by molar-refractivity contribution is -0.119. The summed E-state index contributed by atoms with van der Waals surface area (Å²) in [5.74, 6) is 0.818. The fraction of sp³-hybridized carbons (Fsp3) is 0.667. The van der Waals surface area contributed by atoms with Crippen LogP contribution in [-0.2, 0) is 11.2 Å². The first-order chi connectivity index (χ1) is 9.83. The van der Waals surface area contributed by atoms with Gasteiger partial charge in [-0.2, -0.15) is 0 Å². The summed E-state index contributed by atoms with van der Waals surface area (Å²) >= 11 is 3.66. The molecule has 2 N–H and O–H groups in total. The second-order valence-electron chi connectivity index (χ2n) is 5.57. The molecule has 0 saturated carbocycles. The molecule has 0 spiro atoms. The van der Waals surface area contributed by atoms with E-state index in [1.807, 2.05) is 23.1 Å².